The molecule has 1 aromatic carbocycles. The van der Waals surface area contributed by atoms with Gasteiger partial charge in [-0.2, -0.15) is 0 Å². The van der Waals surface area contributed by atoms with E-state index < -0.39 is 10.0 Å². The van der Waals surface area contributed by atoms with E-state index in [1.807, 2.05) is 43.5 Å². The molecule has 23 heavy (non-hydrogen) atoms. The molecule has 0 aliphatic carbocycles. The van der Waals surface area contributed by atoms with Crippen molar-refractivity contribution in [1.82, 2.24) is 4.72 Å². The van der Waals surface area contributed by atoms with Crippen LogP contribution in [0.1, 0.15) is 13.8 Å². The lowest BCUT2D eigenvalue weighted by Crippen LogP contribution is -2.40. The van der Waals surface area contributed by atoms with Crippen molar-refractivity contribution in [2.24, 2.45) is 4.99 Å². The van der Waals surface area contributed by atoms with Gasteiger partial charge in [0, 0.05) is 17.0 Å². The maximum atomic E-state index is 12.4. The Kier molecular flexibility index (Phi) is 4.03. The summed E-state index contributed by atoms with van der Waals surface area (Å²) in [5.41, 5.74) is 2.31. The molecule has 2 N–H and O–H groups in total. The van der Waals surface area contributed by atoms with Gasteiger partial charge in [-0.25, -0.2) is 18.1 Å². The highest BCUT2D eigenvalue weighted by Gasteiger charge is 2.31. The van der Waals surface area contributed by atoms with Gasteiger partial charge in [0.1, 0.15) is 5.75 Å². The molecule has 2 heterocycles. The quantitative estimate of drug-likeness (QED) is 0.891. The molecule has 6 nitrogen and oxygen atoms in total. The van der Waals surface area contributed by atoms with Crippen molar-refractivity contribution in [3.63, 3.8) is 0 Å². The van der Waals surface area contributed by atoms with E-state index in [9.17, 15) is 8.42 Å². The van der Waals surface area contributed by atoms with Gasteiger partial charge in [-0.3, -0.25) is 0 Å². The summed E-state index contributed by atoms with van der Waals surface area (Å²) in [6, 6.07) is 7.47. The van der Waals surface area contributed by atoms with E-state index in [4.69, 9.17) is 4.74 Å². The lowest BCUT2D eigenvalue weighted by Gasteiger charge is -2.20. The Morgan fingerprint density at radius 3 is 2.52 bits per heavy atom. The third-order valence-corrected chi connectivity index (χ3v) is 6.14. The number of ether oxygens (including phenoxy) is 1. The normalized spacial score (nSPS) is 17.5. The number of fused-ring (bicyclic) bond motifs is 1. The second-order valence-corrected chi connectivity index (χ2v) is 8.10. The molecule has 1 aliphatic heterocycles. The van der Waals surface area contributed by atoms with E-state index in [0.29, 0.717) is 5.69 Å². The average Bonchev–Trinajstić information content (AvgIpc) is 2.91. The fourth-order valence-electron chi connectivity index (χ4n) is 2.27. The van der Waals surface area contributed by atoms with Crippen molar-refractivity contribution >= 4 is 33.0 Å². The van der Waals surface area contributed by atoms with Crippen LogP contribution in [0.3, 0.4) is 0 Å². The minimum Gasteiger partial charge on any atom is -0.497 e. The van der Waals surface area contributed by atoms with Crippen LogP contribution in [-0.2, 0) is 10.0 Å². The molecule has 0 atom stereocenters. The molecule has 0 amide bonds. The fourth-order valence-corrected chi connectivity index (χ4v) is 4.69. The van der Waals surface area contributed by atoms with Gasteiger partial charge in [-0.15, -0.1) is 11.3 Å². The van der Waals surface area contributed by atoms with Gasteiger partial charge in [-0.1, -0.05) is 12.1 Å². The number of hydrogen-bond donors (Lipinski definition) is 2. The number of thiophene rings is 1. The molecule has 1 aromatic heterocycles. The lowest BCUT2D eigenvalue weighted by atomic mass is 10.1. The Hall–Kier alpha value is -2.06. The predicted molar refractivity (Wildman–Crippen MR) is 92.8 cm³/mol. The van der Waals surface area contributed by atoms with E-state index >= 15 is 0 Å². The third-order valence-electron chi connectivity index (χ3n) is 3.26. The second-order valence-electron chi connectivity index (χ2n) is 5.34. The van der Waals surface area contributed by atoms with Crippen molar-refractivity contribution in [3.05, 3.63) is 29.6 Å². The topological polar surface area (TPSA) is 79.8 Å². The maximum Gasteiger partial charge on any atom is 0.275 e. The molecule has 8 heteroatoms. The van der Waals surface area contributed by atoms with Crippen molar-refractivity contribution in [2.45, 2.75) is 24.1 Å². The summed E-state index contributed by atoms with van der Waals surface area (Å²) in [4.78, 5) is 4.27. The van der Waals surface area contributed by atoms with Gasteiger partial charge in [0.2, 0.25) is 5.96 Å². The van der Waals surface area contributed by atoms with E-state index in [-0.39, 0.29) is 16.2 Å². The second kappa shape index (κ2) is 5.86. The number of benzene rings is 1. The number of aliphatic imine (C=N–C) groups is 1. The SMILES string of the molecule is COc1ccc(-c2csc3c2NC(=NC(C)C)NS3(=O)=O)cc1. The monoisotopic (exact) mass is 351 g/mol. The largest absolute Gasteiger partial charge is 0.497 e. The number of sulfonamides is 1. The summed E-state index contributed by atoms with van der Waals surface area (Å²) in [7, 11) is -1.98. The number of hydrogen-bond acceptors (Lipinski definition) is 5. The standard InChI is InChI=1S/C15H17N3O3S2/c1-9(2)16-15-17-13-12(8-22-14(13)23(19,20)18-15)10-4-6-11(21-3)7-5-10/h4-9H,1-3H3,(H2,16,17,18). The van der Waals surface area contributed by atoms with E-state index in [1.165, 1.54) is 11.3 Å². The van der Waals surface area contributed by atoms with Crippen molar-refractivity contribution in [2.75, 3.05) is 12.4 Å². The van der Waals surface area contributed by atoms with Crippen LogP contribution in [0.2, 0.25) is 0 Å². The first-order valence-corrected chi connectivity index (χ1v) is 9.40. The van der Waals surface area contributed by atoms with Crippen molar-refractivity contribution in [1.29, 1.82) is 0 Å². The molecule has 122 valence electrons. The lowest BCUT2D eigenvalue weighted by molar-refractivity contribution is 0.415. The summed E-state index contributed by atoms with van der Waals surface area (Å²) in [5, 5.41) is 4.93. The first kappa shape index (κ1) is 15.8. The zero-order chi connectivity index (χ0) is 16.6. The van der Waals surface area contributed by atoms with E-state index in [2.05, 4.69) is 15.0 Å². The highest BCUT2D eigenvalue weighted by atomic mass is 32.2. The van der Waals surface area contributed by atoms with Crippen LogP contribution in [0.15, 0.2) is 38.8 Å². The molecule has 3 rings (SSSR count). The predicted octanol–water partition coefficient (Wildman–Crippen LogP) is 2.89. The summed E-state index contributed by atoms with van der Waals surface area (Å²) < 4.78 is 32.6. The van der Waals surface area contributed by atoms with Crippen molar-refractivity contribution in [3.8, 4) is 16.9 Å². The van der Waals surface area contributed by atoms with E-state index in [0.717, 1.165) is 16.9 Å². The Morgan fingerprint density at radius 2 is 1.91 bits per heavy atom. The average molecular weight is 351 g/mol. The first-order valence-electron chi connectivity index (χ1n) is 7.04. The van der Waals surface area contributed by atoms with Crippen LogP contribution in [-0.4, -0.2) is 27.5 Å². The molecule has 0 spiro atoms. The number of nitrogens with one attached hydrogen (secondary N) is 2. The Labute approximate surface area is 139 Å². The van der Waals surface area contributed by atoms with Crippen LogP contribution in [0.4, 0.5) is 5.69 Å². The molecule has 0 unspecified atom stereocenters. The molecule has 0 radical (unpaired) electrons. The zero-order valence-electron chi connectivity index (χ0n) is 13.0. The first-order chi connectivity index (χ1) is 10.9. The number of guanidine groups is 1. The third kappa shape index (κ3) is 3.04. The van der Waals surface area contributed by atoms with E-state index in [1.54, 1.807) is 7.11 Å². The Morgan fingerprint density at radius 1 is 1.22 bits per heavy atom. The van der Waals surface area contributed by atoms with Crippen LogP contribution in [0.5, 0.6) is 5.75 Å². The van der Waals surface area contributed by atoms with Gasteiger partial charge in [-0.05, 0) is 31.5 Å². The van der Waals surface area contributed by atoms with Gasteiger partial charge >= 0.3 is 0 Å². The molecule has 0 saturated carbocycles. The van der Waals surface area contributed by atoms with Gasteiger partial charge in [0.15, 0.2) is 4.21 Å². The molecule has 0 saturated heterocycles. The van der Waals surface area contributed by atoms with Gasteiger partial charge < -0.3 is 10.1 Å². The van der Waals surface area contributed by atoms with Gasteiger partial charge in [0.05, 0.1) is 12.8 Å². The highest BCUT2D eigenvalue weighted by Crippen LogP contribution is 2.41. The van der Waals surface area contributed by atoms with Gasteiger partial charge in [0.25, 0.3) is 10.0 Å². The summed E-state index contributed by atoms with van der Waals surface area (Å²) in [5.74, 6) is 1.00. The number of rotatable bonds is 3. The highest BCUT2D eigenvalue weighted by molar-refractivity contribution is 7.92. The number of nitrogens with zero attached hydrogens (tertiary/aromatic N) is 1. The van der Waals surface area contributed by atoms with Crippen molar-refractivity contribution < 1.29 is 13.2 Å². The Bertz CT molecular complexity index is 853. The molecule has 2 aromatic rings. The van der Waals surface area contributed by atoms with Crippen LogP contribution < -0.4 is 14.8 Å². The number of methoxy groups -OCH3 is 1. The van der Waals surface area contributed by atoms with Crippen LogP contribution in [0.25, 0.3) is 11.1 Å². The maximum absolute atomic E-state index is 12.4. The smallest absolute Gasteiger partial charge is 0.275 e. The summed E-state index contributed by atoms with van der Waals surface area (Å²) in [6.45, 7) is 3.77. The zero-order valence-corrected chi connectivity index (χ0v) is 14.6. The Balaban J connectivity index is 2.08. The molecule has 1 aliphatic rings. The molecular formula is C15H17N3O3S2. The fraction of sp³-hybridized carbons (Fsp3) is 0.267. The number of anilines is 1. The summed E-state index contributed by atoms with van der Waals surface area (Å²) in [6.07, 6.45) is 0. The minimum absolute atomic E-state index is 0.0233. The molecule has 0 bridgehead atoms. The molecule has 0 fully saturated rings. The molecular weight excluding hydrogens is 334 g/mol. The van der Waals surface area contributed by atoms with Crippen LogP contribution in [0, 0.1) is 0 Å². The summed E-state index contributed by atoms with van der Waals surface area (Å²) >= 11 is 1.19. The minimum atomic E-state index is -3.59. The van der Waals surface area contributed by atoms with Crippen LogP contribution >= 0.6 is 11.3 Å².